The van der Waals surface area contributed by atoms with Gasteiger partial charge in [0.2, 0.25) is 12.7 Å². The number of amides is 1. The highest BCUT2D eigenvalue weighted by Gasteiger charge is 2.23. The van der Waals surface area contributed by atoms with Crippen LogP contribution in [0.4, 0.5) is 0 Å². The van der Waals surface area contributed by atoms with Crippen molar-refractivity contribution >= 4 is 42.1 Å². The summed E-state index contributed by atoms with van der Waals surface area (Å²) in [5.41, 5.74) is 1.83. The van der Waals surface area contributed by atoms with Gasteiger partial charge in [0.05, 0.1) is 12.1 Å². The third-order valence-electron chi connectivity index (χ3n) is 5.15. The molecule has 0 unspecified atom stereocenters. The fraction of sp³-hybridized carbons (Fsp3) is 0.500. The van der Waals surface area contributed by atoms with Gasteiger partial charge in [-0.05, 0) is 50.0 Å². The van der Waals surface area contributed by atoms with Crippen LogP contribution in [0.15, 0.2) is 23.6 Å². The number of benzene rings is 1. The Labute approximate surface area is 187 Å². The van der Waals surface area contributed by atoms with E-state index in [0.717, 1.165) is 66.8 Å². The average molecular weight is 460 g/mol. The Kier molecular flexibility index (Phi) is 9.02. The second-order valence-corrected chi connectivity index (χ2v) is 7.88. The Balaban J connectivity index is 0.00000150. The maximum atomic E-state index is 12.6. The van der Waals surface area contributed by atoms with Crippen LogP contribution in [0.2, 0.25) is 0 Å². The Morgan fingerprint density at radius 1 is 1.24 bits per heavy atom. The molecule has 0 saturated carbocycles. The molecule has 2 aliphatic rings. The molecule has 2 aliphatic heterocycles. The van der Waals surface area contributed by atoms with Crippen molar-refractivity contribution in [3.8, 4) is 22.1 Å². The van der Waals surface area contributed by atoms with E-state index in [9.17, 15) is 4.79 Å². The number of piperidine rings is 1. The molecule has 0 atom stereocenters. The number of ether oxygens (including phenoxy) is 2. The van der Waals surface area contributed by atoms with Gasteiger partial charge in [0, 0.05) is 24.0 Å². The van der Waals surface area contributed by atoms with E-state index in [1.54, 1.807) is 11.3 Å². The zero-order chi connectivity index (χ0) is 18.6. The molecule has 0 radical (unpaired) electrons. The van der Waals surface area contributed by atoms with E-state index in [1.807, 2.05) is 28.5 Å². The fourth-order valence-electron chi connectivity index (χ4n) is 3.55. The first kappa shape index (κ1) is 23.7. The molecule has 0 bridgehead atoms. The topological polar surface area (TPSA) is 63.7 Å². The molecule has 1 amide bonds. The van der Waals surface area contributed by atoms with Gasteiger partial charge in [-0.15, -0.1) is 36.2 Å². The van der Waals surface area contributed by atoms with Crippen LogP contribution in [0.25, 0.3) is 10.6 Å². The summed E-state index contributed by atoms with van der Waals surface area (Å²) in [6.07, 6.45) is 2.54. The van der Waals surface area contributed by atoms with Crippen LogP contribution < -0.4 is 14.8 Å². The third kappa shape index (κ3) is 5.75. The maximum absolute atomic E-state index is 12.6. The van der Waals surface area contributed by atoms with E-state index in [4.69, 9.17) is 9.47 Å². The lowest BCUT2D eigenvalue weighted by molar-refractivity contribution is -0.131. The van der Waals surface area contributed by atoms with Gasteiger partial charge in [-0.2, -0.15) is 0 Å². The monoisotopic (exact) mass is 459 g/mol. The normalized spacial score (nSPS) is 15.6. The molecule has 9 heteroatoms. The number of nitrogens with zero attached hydrogens (tertiary/aromatic N) is 2. The minimum atomic E-state index is 0. The molecule has 2 aromatic rings. The number of carbonyl (C=O) groups excluding carboxylic acids is 1. The molecule has 0 spiro atoms. The molecule has 6 nitrogen and oxygen atoms in total. The predicted octanol–water partition coefficient (Wildman–Crippen LogP) is 3.77. The van der Waals surface area contributed by atoms with Crippen LogP contribution in [0, 0.1) is 5.92 Å². The van der Waals surface area contributed by atoms with Gasteiger partial charge in [0.1, 0.15) is 5.01 Å². The van der Waals surface area contributed by atoms with Crippen molar-refractivity contribution in [3.05, 3.63) is 29.3 Å². The van der Waals surface area contributed by atoms with Gasteiger partial charge < -0.3 is 19.7 Å². The smallest absolute Gasteiger partial charge is 0.231 e. The largest absolute Gasteiger partial charge is 0.454 e. The van der Waals surface area contributed by atoms with Crippen molar-refractivity contribution < 1.29 is 14.3 Å². The lowest BCUT2D eigenvalue weighted by Crippen LogP contribution is -2.41. The van der Waals surface area contributed by atoms with Crippen LogP contribution in [-0.2, 0) is 11.2 Å². The minimum absolute atomic E-state index is 0. The van der Waals surface area contributed by atoms with Gasteiger partial charge in [-0.3, -0.25) is 4.79 Å². The maximum Gasteiger partial charge on any atom is 0.231 e. The molecule has 3 heterocycles. The van der Waals surface area contributed by atoms with Gasteiger partial charge in [0.25, 0.3) is 0 Å². The van der Waals surface area contributed by atoms with Crippen LogP contribution >= 0.6 is 36.2 Å². The van der Waals surface area contributed by atoms with E-state index in [1.165, 1.54) is 0 Å². The Bertz CT molecular complexity index is 810. The van der Waals surface area contributed by atoms with Crippen molar-refractivity contribution in [2.45, 2.75) is 26.2 Å². The van der Waals surface area contributed by atoms with Crippen molar-refractivity contribution in [1.82, 2.24) is 15.2 Å². The minimum Gasteiger partial charge on any atom is -0.454 e. The number of likely N-dealkylation sites (tertiary alicyclic amines) is 1. The van der Waals surface area contributed by atoms with E-state index in [0.29, 0.717) is 12.3 Å². The number of aromatic nitrogens is 1. The molecule has 0 aliphatic carbocycles. The second-order valence-electron chi connectivity index (χ2n) is 7.02. The summed E-state index contributed by atoms with van der Waals surface area (Å²) in [7, 11) is 0. The molecular formula is C20H27Cl2N3O3S. The molecule has 1 N–H and O–H groups in total. The predicted molar refractivity (Wildman–Crippen MR) is 120 cm³/mol. The number of fused-ring (bicyclic) bond motifs is 1. The first-order valence-corrected chi connectivity index (χ1v) is 10.4. The second kappa shape index (κ2) is 11.0. The Morgan fingerprint density at radius 2 is 2.00 bits per heavy atom. The van der Waals surface area contributed by atoms with Gasteiger partial charge >= 0.3 is 0 Å². The van der Waals surface area contributed by atoms with Crippen molar-refractivity contribution in [3.63, 3.8) is 0 Å². The van der Waals surface area contributed by atoms with Crippen molar-refractivity contribution in [1.29, 1.82) is 0 Å². The van der Waals surface area contributed by atoms with Crippen LogP contribution in [0.5, 0.6) is 11.5 Å². The van der Waals surface area contributed by atoms with Gasteiger partial charge in [-0.25, -0.2) is 4.98 Å². The molecule has 1 saturated heterocycles. The molecule has 1 aromatic carbocycles. The summed E-state index contributed by atoms with van der Waals surface area (Å²) in [6.45, 7) is 6.17. The summed E-state index contributed by atoms with van der Waals surface area (Å²) >= 11 is 1.56. The summed E-state index contributed by atoms with van der Waals surface area (Å²) in [6, 6.07) is 5.83. The highest BCUT2D eigenvalue weighted by Crippen LogP contribution is 2.36. The van der Waals surface area contributed by atoms with Crippen LogP contribution in [0.1, 0.15) is 25.5 Å². The van der Waals surface area contributed by atoms with Gasteiger partial charge in [-0.1, -0.05) is 6.92 Å². The summed E-state index contributed by atoms with van der Waals surface area (Å²) in [4.78, 5) is 19.3. The highest BCUT2D eigenvalue weighted by atomic mass is 35.5. The number of halogens is 2. The average Bonchev–Trinajstić information content (AvgIpc) is 3.35. The highest BCUT2D eigenvalue weighted by molar-refractivity contribution is 7.13. The van der Waals surface area contributed by atoms with E-state index in [2.05, 4.69) is 17.2 Å². The molecule has 1 aromatic heterocycles. The standard InChI is InChI=1S/C20H25N3O3S.2ClH/c1-2-21-11-14-5-7-23(8-6-14)19(24)10-16-12-27-20(22-16)15-3-4-17-18(9-15)26-13-25-17;;/h3-4,9,12,14,21H,2,5-8,10-11,13H2,1H3;2*1H. The number of nitrogens with one attached hydrogen (secondary N) is 1. The molecular weight excluding hydrogens is 433 g/mol. The number of hydrogen-bond donors (Lipinski definition) is 1. The third-order valence-corrected chi connectivity index (χ3v) is 6.09. The van der Waals surface area contributed by atoms with E-state index >= 15 is 0 Å². The summed E-state index contributed by atoms with van der Waals surface area (Å²) < 4.78 is 10.8. The first-order chi connectivity index (χ1) is 13.2. The molecule has 160 valence electrons. The zero-order valence-electron chi connectivity index (χ0n) is 16.4. The van der Waals surface area contributed by atoms with Crippen LogP contribution in [0.3, 0.4) is 0 Å². The quantitative estimate of drug-likeness (QED) is 0.711. The lowest BCUT2D eigenvalue weighted by Gasteiger charge is -2.32. The molecule has 1 fully saturated rings. The SMILES string of the molecule is CCNCC1CCN(C(=O)Cc2csc(-c3ccc4c(c3)OCO4)n2)CC1.Cl.Cl. The number of carbonyl (C=O) groups is 1. The van der Waals surface area contributed by atoms with E-state index < -0.39 is 0 Å². The first-order valence-electron chi connectivity index (χ1n) is 9.56. The van der Waals surface area contributed by atoms with Gasteiger partial charge in [0.15, 0.2) is 11.5 Å². The summed E-state index contributed by atoms with van der Waals surface area (Å²) in [5, 5.41) is 6.29. The molecule has 4 rings (SSSR count). The zero-order valence-corrected chi connectivity index (χ0v) is 18.8. The number of hydrogen-bond acceptors (Lipinski definition) is 6. The fourth-order valence-corrected chi connectivity index (χ4v) is 4.37. The summed E-state index contributed by atoms with van der Waals surface area (Å²) in [5.74, 6) is 2.38. The Morgan fingerprint density at radius 3 is 2.76 bits per heavy atom. The van der Waals surface area contributed by atoms with E-state index in [-0.39, 0.29) is 37.5 Å². The number of thiazole rings is 1. The Hall–Kier alpha value is -1.54. The lowest BCUT2D eigenvalue weighted by atomic mass is 9.96. The number of rotatable bonds is 6. The van der Waals surface area contributed by atoms with Crippen molar-refractivity contribution in [2.75, 3.05) is 33.0 Å². The molecule has 29 heavy (non-hydrogen) atoms. The van der Waals surface area contributed by atoms with Crippen molar-refractivity contribution in [2.24, 2.45) is 5.92 Å². The van der Waals surface area contributed by atoms with Crippen LogP contribution in [-0.4, -0.2) is 48.8 Å².